The van der Waals surface area contributed by atoms with Crippen LogP contribution >= 0.6 is 0 Å². The molecule has 2 aliphatic rings. The third-order valence-corrected chi connectivity index (χ3v) is 17.3. The zero-order valence-electron chi connectivity index (χ0n) is 23.5. The maximum atomic E-state index is 2.52. The van der Waals surface area contributed by atoms with Crippen molar-refractivity contribution in [2.24, 2.45) is 11.8 Å². The minimum Gasteiger partial charge on any atom is -1.00 e. The zero-order chi connectivity index (χ0) is 24.9. The quantitative estimate of drug-likeness (QED) is 0.508. The Morgan fingerprint density at radius 3 is 1.56 bits per heavy atom. The molecule has 0 aliphatic heterocycles. The minimum atomic E-state index is -2.56. The largest absolute Gasteiger partial charge is 1.00 e. The van der Waals surface area contributed by atoms with Crippen LogP contribution in [0.4, 0.5) is 0 Å². The molecule has 0 spiro atoms. The fourth-order valence-corrected chi connectivity index (χ4v) is 16.3. The summed E-state index contributed by atoms with van der Waals surface area (Å²) in [5.74, 6) is 1.06. The molecule has 36 heavy (non-hydrogen) atoms. The molecule has 2 aromatic carbocycles. The van der Waals surface area contributed by atoms with Crippen molar-refractivity contribution in [2.45, 2.75) is 69.2 Å². The van der Waals surface area contributed by atoms with Crippen LogP contribution in [0.25, 0.3) is 0 Å². The molecule has 0 bridgehead atoms. The van der Waals surface area contributed by atoms with Gasteiger partial charge in [-0.05, 0) is 0 Å². The van der Waals surface area contributed by atoms with E-state index in [0.29, 0.717) is 11.8 Å². The van der Waals surface area contributed by atoms with Gasteiger partial charge in [-0.3, -0.25) is 0 Å². The van der Waals surface area contributed by atoms with Gasteiger partial charge in [0.05, 0.1) is 0 Å². The van der Waals surface area contributed by atoms with Crippen molar-refractivity contribution in [2.75, 3.05) is 0 Å². The Bertz CT molecular complexity index is 1290. The first-order valence-corrected chi connectivity index (χ1v) is 16.4. The van der Waals surface area contributed by atoms with Crippen LogP contribution in [-0.4, -0.2) is 3.21 Å². The van der Waals surface area contributed by atoms with Gasteiger partial charge < -0.3 is 24.8 Å². The van der Waals surface area contributed by atoms with Gasteiger partial charge in [0.15, 0.2) is 0 Å². The SMILES string of the molecule is CC1=CC(C)[C]([Zr+2]([C]2=C(C)C=C(C)C2C)=[C](c2ccc(C)cc2C)c2ccc(C)cc2C)=C1C.[Cl-].[Cl-]. The molecule has 0 N–H and O–H groups in total. The number of hydrogen-bond acceptors (Lipinski definition) is 0. The minimum absolute atomic E-state index is 0. The Morgan fingerprint density at radius 2 is 1.19 bits per heavy atom. The second-order valence-corrected chi connectivity index (χ2v) is 16.5. The summed E-state index contributed by atoms with van der Waals surface area (Å²) in [6.45, 7) is 23.4. The van der Waals surface area contributed by atoms with E-state index in [1.165, 1.54) is 50.1 Å². The second kappa shape index (κ2) is 12.1. The smallest absolute Gasteiger partial charge is 1.00 e. The average Bonchev–Trinajstić information content (AvgIpc) is 3.15. The van der Waals surface area contributed by atoms with Gasteiger partial charge in [-0.25, -0.2) is 0 Å². The monoisotopic (exact) mass is 596 g/mol. The summed E-state index contributed by atoms with van der Waals surface area (Å²) in [5, 5.41) is 0. The molecule has 0 heterocycles. The van der Waals surface area contributed by atoms with Crippen LogP contribution < -0.4 is 24.8 Å². The van der Waals surface area contributed by atoms with Gasteiger partial charge in [0.25, 0.3) is 0 Å². The van der Waals surface area contributed by atoms with E-state index >= 15 is 0 Å². The topological polar surface area (TPSA) is 0 Å². The Kier molecular flexibility index (Phi) is 10.4. The van der Waals surface area contributed by atoms with Gasteiger partial charge >= 0.3 is 216 Å². The molecule has 190 valence electrons. The molecule has 0 nitrogen and oxygen atoms in total. The summed E-state index contributed by atoms with van der Waals surface area (Å²) in [4.78, 5) is 0. The molecule has 3 heteroatoms. The van der Waals surface area contributed by atoms with Crippen molar-refractivity contribution >= 4 is 3.21 Å². The van der Waals surface area contributed by atoms with Crippen LogP contribution in [-0.2, 0) is 21.3 Å². The molecule has 0 radical (unpaired) electrons. The second-order valence-electron chi connectivity index (χ2n) is 10.8. The molecular formula is C33H40Cl2Zr. The van der Waals surface area contributed by atoms with E-state index in [1.807, 2.05) is 0 Å². The fourth-order valence-electron chi connectivity index (χ4n) is 6.10. The van der Waals surface area contributed by atoms with Gasteiger partial charge in [0, 0.05) is 0 Å². The molecule has 0 saturated carbocycles. The Balaban J connectivity index is 0.00000228. The van der Waals surface area contributed by atoms with E-state index < -0.39 is 21.3 Å². The summed E-state index contributed by atoms with van der Waals surface area (Å²) in [6, 6.07) is 14.2. The number of halogens is 2. The number of benzene rings is 2. The molecule has 2 aromatic rings. The summed E-state index contributed by atoms with van der Waals surface area (Å²) < 4.78 is 5.23. The third kappa shape index (κ3) is 5.60. The van der Waals surface area contributed by atoms with Gasteiger partial charge in [0.1, 0.15) is 0 Å². The number of hydrogen-bond donors (Lipinski definition) is 0. The third-order valence-electron chi connectivity index (χ3n) is 8.03. The van der Waals surface area contributed by atoms with E-state index in [-0.39, 0.29) is 24.8 Å². The Hall–Kier alpha value is -1.27. The van der Waals surface area contributed by atoms with Gasteiger partial charge in [-0.1, -0.05) is 0 Å². The Labute approximate surface area is 239 Å². The van der Waals surface area contributed by atoms with Crippen molar-refractivity contribution < 1.29 is 46.1 Å². The standard InChI is InChI=1S/C17H18.2C8H11.2ClH.Zr/c1-12-5-7-16(14(3)9-12)11-17-8-6-13(2)10-15(17)4;2*1-6-4-7(2)8(3)5-6;;;/h5-10H,1-4H3;4,8H,1-3H3;4,6H,1-3H3;2*1H;/q;;;;;+2/p-2. The summed E-state index contributed by atoms with van der Waals surface area (Å²) in [6.07, 6.45) is 4.99. The van der Waals surface area contributed by atoms with Crippen LogP contribution in [0.2, 0.25) is 0 Å². The van der Waals surface area contributed by atoms with Crippen LogP contribution in [0.5, 0.6) is 0 Å². The first-order chi connectivity index (χ1) is 16.0. The summed E-state index contributed by atoms with van der Waals surface area (Å²) >= 11 is -2.56. The first-order valence-electron chi connectivity index (χ1n) is 12.7. The summed E-state index contributed by atoms with van der Waals surface area (Å²) in [7, 11) is 0. The van der Waals surface area contributed by atoms with Crippen molar-refractivity contribution in [3.63, 3.8) is 0 Å². The van der Waals surface area contributed by atoms with Crippen LogP contribution in [0, 0.1) is 39.5 Å². The zero-order valence-corrected chi connectivity index (χ0v) is 27.5. The number of allylic oxidation sites excluding steroid dienone is 8. The Morgan fingerprint density at radius 1 is 0.694 bits per heavy atom. The van der Waals surface area contributed by atoms with Crippen molar-refractivity contribution in [3.8, 4) is 0 Å². The molecule has 2 atom stereocenters. The number of aryl methyl sites for hydroxylation is 4. The predicted molar refractivity (Wildman–Crippen MR) is 146 cm³/mol. The van der Waals surface area contributed by atoms with Crippen molar-refractivity contribution in [3.05, 3.63) is 111 Å². The van der Waals surface area contributed by atoms with Crippen molar-refractivity contribution in [1.82, 2.24) is 0 Å². The summed E-state index contributed by atoms with van der Waals surface area (Å²) in [5.41, 5.74) is 14.6. The molecule has 4 rings (SSSR count). The van der Waals surface area contributed by atoms with E-state index in [0.717, 1.165) is 0 Å². The van der Waals surface area contributed by atoms with E-state index in [4.69, 9.17) is 0 Å². The van der Waals surface area contributed by atoms with Crippen LogP contribution in [0.3, 0.4) is 0 Å². The van der Waals surface area contributed by atoms with Crippen LogP contribution in [0.15, 0.2) is 77.4 Å². The maximum absolute atomic E-state index is 2.56. The van der Waals surface area contributed by atoms with Crippen LogP contribution in [0.1, 0.15) is 74.9 Å². The van der Waals surface area contributed by atoms with Gasteiger partial charge in [-0.2, -0.15) is 0 Å². The molecule has 2 aliphatic carbocycles. The van der Waals surface area contributed by atoms with E-state index in [1.54, 1.807) is 15.3 Å². The molecule has 0 saturated heterocycles. The molecule has 0 amide bonds. The van der Waals surface area contributed by atoms with Crippen molar-refractivity contribution in [1.29, 1.82) is 0 Å². The van der Waals surface area contributed by atoms with Gasteiger partial charge in [0.2, 0.25) is 0 Å². The molecule has 0 aromatic heterocycles. The molecule has 0 fully saturated rings. The fraction of sp³-hybridized carbons (Fsp3) is 0.364. The van der Waals surface area contributed by atoms with E-state index in [2.05, 4.69) is 118 Å². The predicted octanol–water partition coefficient (Wildman–Crippen LogP) is 2.86. The number of rotatable bonds is 4. The maximum Gasteiger partial charge on any atom is -1.00 e. The van der Waals surface area contributed by atoms with E-state index in [9.17, 15) is 0 Å². The van der Waals surface area contributed by atoms with Gasteiger partial charge in [-0.15, -0.1) is 0 Å². The molecule has 2 unspecified atom stereocenters. The average molecular weight is 599 g/mol. The normalized spacial score (nSPS) is 18.8. The first kappa shape index (κ1) is 31.0. The molecular weight excluding hydrogens is 558 g/mol.